The van der Waals surface area contributed by atoms with Gasteiger partial charge in [-0.05, 0) is 19.8 Å². The van der Waals surface area contributed by atoms with Crippen molar-refractivity contribution in [2.75, 3.05) is 11.4 Å². The van der Waals surface area contributed by atoms with Gasteiger partial charge in [0.05, 0.1) is 11.3 Å². The number of hydrogen-bond acceptors (Lipinski definition) is 4. The summed E-state index contributed by atoms with van der Waals surface area (Å²) in [6.07, 6.45) is 2.42. The summed E-state index contributed by atoms with van der Waals surface area (Å²) in [6.45, 7) is 2.51. The summed E-state index contributed by atoms with van der Waals surface area (Å²) in [5.74, 6) is 0.344. The molecule has 2 rings (SSSR count). The second-order valence-electron chi connectivity index (χ2n) is 4.32. The van der Waals surface area contributed by atoms with E-state index in [2.05, 4.69) is 5.10 Å². The van der Waals surface area contributed by atoms with Crippen molar-refractivity contribution in [1.82, 2.24) is 9.78 Å². The molecule has 0 aromatic carbocycles. The van der Waals surface area contributed by atoms with E-state index in [1.165, 1.54) is 0 Å². The molecule has 1 unspecified atom stereocenters. The molecule has 6 nitrogen and oxygen atoms in total. The number of anilines is 1. The zero-order chi connectivity index (χ0) is 12.6. The number of primary amides is 1. The van der Waals surface area contributed by atoms with Crippen molar-refractivity contribution in [3.05, 3.63) is 11.3 Å². The molecule has 1 aromatic heterocycles. The number of amides is 1. The van der Waals surface area contributed by atoms with Crippen molar-refractivity contribution in [2.24, 2.45) is 12.8 Å². The Morgan fingerprint density at radius 2 is 2.29 bits per heavy atom. The largest absolute Gasteiger partial charge is 0.368 e. The van der Waals surface area contributed by atoms with Crippen LogP contribution in [0.1, 0.15) is 28.9 Å². The number of nitrogens with zero attached hydrogens (tertiary/aromatic N) is 3. The first kappa shape index (κ1) is 11.6. The highest BCUT2D eigenvalue weighted by molar-refractivity contribution is 5.89. The third kappa shape index (κ3) is 1.79. The molecule has 92 valence electrons. The van der Waals surface area contributed by atoms with E-state index in [1.54, 1.807) is 18.7 Å². The summed E-state index contributed by atoms with van der Waals surface area (Å²) in [4.78, 5) is 24.3. The van der Waals surface area contributed by atoms with Gasteiger partial charge < -0.3 is 10.6 Å². The number of hydrogen-bond donors (Lipinski definition) is 1. The molecule has 1 atom stereocenters. The van der Waals surface area contributed by atoms with Crippen LogP contribution < -0.4 is 10.6 Å². The predicted molar refractivity (Wildman–Crippen MR) is 62.9 cm³/mol. The number of aldehydes is 1. The van der Waals surface area contributed by atoms with Crippen molar-refractivity contribution < 1.29 is 9.59 Å². The van der Waals surface area contributed by atoms with E-state index >= 15 is 0 Å². The highest BCUT2D eigenvalue weighted by Gasteiger charge is 2.33. The SMILES string of the molecule is Cc1nn(C)c(N2CCCC2C(N)=O)c1C=O. The first-order chi connectivity index (χ1) is 8.06. The molecule has 2 heterocycles. The Balaban J connectivity index is 2.46. The van der Waals surface area contributed by atoms with Crippen LogP contribution in [0, 0.1) is 6.92 Å². The molecule has 0 spiro atoms. The summed E-state index contributed by atoms with van der Waals surface area (Å²) in [5, 5.41) is 4.21. The molecule has 2 N–H and O–H groups in total. The highest BCUT2D eigenvalue weighted by Crippen LogP contribution is 2.28. The van der Waals surface area contributed by atoms with Crippen molar-refractivity contribution in [2.45, 2.75) is 25.8 Å². The fourth-order valence-electron chi connectivity index (χ4n) is 2.46. The summed E-state index contributed by atoms with van der Waals surface area (Å²) >= 11 is 0. The Morgan fingerprint density at radius 1 is 1.59 bits per heavy atom. The van der Waals surface area contributed by atoms with Gasteiger partial charge in [-0.25, -0.2) is 0 Å². The molecule has 0 radical (unpaired) electrons. The molecule has 1 amide bonds. The number of aryl methyl sites for hydroxylation is 2. The Bertz CT molecular complexity index is 466. The first-order valence-electron chi connectivity index (χ1n) is 5.61. The zero-order valence-electron chi connectivity index (χ0n) is 10.0. The van der Waals surface area contributed by atoms with Crippen LogP contribution in [0.25, 0.3) is 0 Å². The quantitative estimate of drug-likeness (QED) is 0.749. The minimum atomic E-state index is -0.349. The second-order valence-corrected chi connectivity index (χ2v) is 4.32. The van der Waals surface area contributed by atoms with E-state index < -0.39 is 0 Å². The van der Waals surface area contributed by atoms with Gasteiger partial charge in [0.1, 0.15) is 11.9 Å². The van der Waals surface area contributed by atoms with Crippen LogP contribution in [0.4, 0.5) is 5.82 Å². The minimum absolute atomic E-state index is 0.330. The third-order valence-electron chi connectivity index (χ3n) is 3.21. The smallest absolute Gasteiger partial charge is 0.240 e. The summed E-state index contributed by atoms with van der Waals surface area (Å²) in [5.41, 5.74) is 6.59. The predicted octanol–water partition coefficient (Wildman–Crippen LogP) is -0.00488. The number of carbonyl (C=O) groups is 2. The van der Waals surface area contributed by atoms with Gasteiger partial charge in [-0.3, -0.25) is 14.3 Å². The van der Waals surface area contributed by atoms with Gasteiger partial charge in [0.15, 0.2) is 6.29 Å². The molecule has 0 aliphatic carbocycles. The van der Waals surface area contributed by atoms with Crippen molar-refractivity contribution in [3.63, 3.8) is 0 Å². The van der Waals surface area contributed by atoms with Gasteiger partial charge in [-0.15, -0.1) is 0 Å². The highest BCUT2D eigenvalue weighted by atomic mass is 16.1. The average molecular weight is 236 g/mol. The summed E-state index contributed by atoms with van der Waals surface area (Å²) in [6, 6.07) is -0.330. The molecule has 1 aromatic rings. The second kappa shape index (κ2) is 4.20. The average Bonchev–Trinajstić information content (AvgIpc) is 2.81. The molecular formula is C11H16N4O2. The van der Waals surface area contributed by atoms with E-state index in [1.807, 2.05) is 4.90 Å². The maximum atomic E-state index is 11.4. The molecule has 17 heavy (non-hydrogen) atoms. The lowest BCUT2D eigenvalue weighted by molar-refractivity contribution is -0.119. The van der Waals surface area contributed by atoms with Crippen LogP contribution in [-0.2, 0) is 11.8 Å². The summed E-state index contributed by atoms with van der Waals surface area (Å²) < 4.78 is 1.64. The van der Waals surface area contributed by atoms with Crippen LogP contribution in [0.5, 0.6) is 0 Å². The van der Waals surface area contributed by atoms with E-state index in [0.29, 0.717) is 17.1 Å². The zero-order valence-corrected chi connectivity index (χ0v) is 10.0. The fourth-order valence-corrected chi connectivity index (χ4v) is 2.46. The normalized spacial score (nSPS) is 19.6. The number of carbonyl (C=O) groups excluding carboxylic acids is 2. The lowest BCUT2D eigenvalue weighted by Gasteiger charge is -2.24. The third-order valence-corrected chi connectivity index (χ3v) is 3.21. The first-order valence-corrected chi connectivity index (χ1v) is 5.61. The van der Waals surface area contributed by atoms with Gasteiger partial charge in [0.2, 0.25) is 5.91 Å². The molecule has 1 aliphatic rings. The Kier molecular flexibility index (Phi) is 2.87. The number of nitrogens with two attached hydrogens (primary N) is 1. The van der Waals surface area contributed by atoms with Gasteiger partial charge in [0.25, 0.3) is 0 Å². The van der Waals surface area contributed by atoms with Gasteiger partial charge >= 0.3 is 0 Å². The van der Waals surface area contributed by atoms with Crippen LogP contribution in [0.15, 0.2) is 0 Å². The molecule has 1 saturated heterocycles. The van der Waals surface area contributed by atoms with E-state index in [-0.39, 0.29) is 11.9 Å². The van der Waals surface area contributed by atoms with Crippen LogP contribution in [-0.4, -0.2) is 34.6 Å². The van der Waals surface area contributed by atoms with Gasteiger partial charge in [0, 0.05) is 13.6 Å². The summed E-state index contributed by atoms with van der Waals surface area (Å²) in [7, 11) is 1.77. The van der Waals surface area contributed by atoms with Crippen molar-refractivity contribution in [3.8, 4) is 0 Å². The number of aromatic nitrogens is 2. The standard InChI is InChI=1S/C11H16N4O2/c1-7-8(6-16)11(14(2)13-7)15-5-3-4-9(15)10(12)17/h6,9H,3-5H2,1-2H3,(H2,12,17). The molecule has 6 heteroatoms. The van der Waals surface area contributed by atoms with E-state index in [0.717, 1.165) is 25.7 Å². The monoisotopic (exact) mass is 236 g/mol. The lowest BCUT2D eigenvalue weighted by atomic mass is 10.2. The van der Waals surface area contributed by atoms with E-state index in [4.69, 9.17) is 5.73 Å². The molecule has 0 saturated carbocycles. The van der Waals surface area contributed by atoms with E-state index in [9.17, 15) is 9.59 Å². The van der Waals surface area contributed by atoms with Gasteiger partial charge in [-0.1, -0.05) is 0 Å². The minimum Gasteiger partial charge on any atom is -0.368 e. The van der Waals surface area contributed by atoms with Crippen LogP contribution in [0.3, 0.4) is 0 Å². The fraction of sp³-hybridized carbons (Fsp3) is 0.545. The molecular weight excluding hydrogens is 220 g/mol. The Hall–Kier alpha value is -1.85. The van der Waals surface area contributed by atoms with Gasteiger partial charge in [-0.2, -0.15) is 5.10 Å². The van der Waals surface area contributed by atoms with Crippen LogP contribution in [0.2, 0.25) is 0 Å². The maximum absolute atomic E-state index is 11.4. The molecule has 1 fully saturated rings. The topological polar surface area (TPSA) is 81.2 Å². The van der Waals surface area contributed by atoms with Crippen molar-refractivity contribution >= 4 is 18.0 Å². The van der Waals surface area contributed by atoms with Crippen molar-refractivity contribution in [1.29, 1.82) is 0 Å². The lowest BCUT2D eigenvalue weighted by Crippen LogP contribution is -2.41. The Morgan fingerprint density at radius 3 is 2.88 bits per heavy atom. The molecule has 1 aliphatic heterocycles. The maximum Gasteiger partial charge on any atom is 0.240 e. The molecule has 0 bridgehead atoms. The van der Waals surface area contributed by atoms with Crippen LogP contribution >= 0.6 is 0 Å². The number of rotatable bonds is 3. The Labute approximate surface area is 99.4 Å².